The van der Waals surface area contributed by atoms with Crippen LogP contribution in [-0.4, -0.2) is 25.8 Å². The van der Waals surface area contributed by atoms with Gasteiger partial charge in [0, 0.05) is 12.1 Å². The van der Waals surface area contributed by atoms with Crippen LogP contribution in [0.1, 0.15) is 25.7 Å². The maximum absolute atomic E-state index is 11.4. The quantitative estimate of drug-likeness (QED) is 0.711. The molecule has 0 aliphatic heterocycles. The van der Waals surface area contributed by atoms with Gasteiger partial charge in [-0.1, -0.05) is 0 Å². The van der Waals surface area contributed by atoms with Gasteiger partial charge < -0.3 is 5.73 Å². The molecule has 0 aromatic rings. The number of nitrogens with two attached hydrogens (primary N) is 1. The lowest BCUT2D eigenvalue weighted by Crippen LogP contribution is -2.50. The van der Waals surface area contributed by atoms with Crippen LogP contribution in [0.15, 0.2) is 0 Å². The average Bonchev–Trinajstić information content (AvgIpc) is 2.63. The van der Waals surface area contributed by atoms with Crippen molar-refractivity contribution in [2.24, 2.45) is 5.73 Å². The third-order valence-corrected chi connectivity index (χ3v) is 4.48. The monoisotopic (exact) mass is 226 g/mol. The van der Waals surface area contributed by atoms with E-state index < -0.39 is 10.0 Å². The van der Waals surface area contributed by atoms with Gasteiger partial charge in [-0.05, 0) is 25.7 Å². The molecule has 0 saturated heterocycles. The molecule has 0 aromatic heterocycles. The minimum atomic E-state index is -2.98. The summed E-state index contributed by atoms with van der Waals surface area (Å²) in [6, 6.07) is 0.322. The predicted octanol–water partition coefficient (Wildman–Crippen LogP) is -0.0203. The Morgan fingerprint density at radius 1 is 1.23 bits per heavy atom. The van der Waals surface area contributed by atoms with Crippen molar-refractivity contribution >= 4 is 22.4 Å². The molecule has 0 unspecified atom stereocenters. The first-order chi connectivity index (χ1) is 5.58. The molecule has 2 aliphatic rings. The van der Waals surface area contributed by atoms with Crippen LogP contribution in [0.5, 0.6) is 0 Å². The fourth-order valence-electron chi connectivity index (χ4n) is 1.46. The van der Waals surface area contributed by atoms with Gasteiger partial charge in [-0.3, -0.25) is 0 Å². The number of rotatable bonds is 3. The van der Waals surface area contributed by atoms with Crippen LogP contribution in [0.3, 0.4) is 0 Å². The summed E-state index contributed by atoms with van der Waals surface area (Å²) in [4.78, 5) is 0. The van der Waals surface area contributed by atoms with Gasteiger partial charge in [0.05, 0.1) is 5.25 Å². The summed E-state index contributed by atoms with van der Waals surface area (Å²) >= 11 is 0. The van der Waals surface area contributed by atoms with Crippen LogP contribution in [0, 0.1) is 0 Å². The Hall–Kier alpha value is 0.160. The van der Waals surface area contributed by atoms with E-state index in [1.54, 1.807) is 0 Å². The lowest BCUT2D eigenvalue weighted by Gasteiger charge is -2.32. The first-order valence-electron chi connectivity index (χ1n) is 4.34. The highest BCUT2D eigenvalue weighted by Crippen LogP contribution is 2.29. The fraction of sp³-hybridized carbons (Fsp3) is 1.00. The largest absolute Gasteiger partial charge is 0.328 e. The van der Waals surface area contributed by atoms with Crippen molar-refractivity contribution in [1.82, 2.24) is 4.72 Å². The Morgan fingerprint density at radius 2 is 1.77 bits per heavy atom. The number of sulfonamides is 1. The highest BCUT2D eigenvalue weighted by Gasteiger charge is 2.39. The molecule has 2 rings (SSSR count). The maximum Gasteiger partial charge on any atom is 0.214 e. The molecule has 13 heavy (non-hydrogen) atoms. The topological polar surface area (TPSA) is 72.2 Å². The van der Waals surface area contributed by atoms with Crippen LogP contribution in [0.2, 0.25) is 0 Å². The molecule has 0 heterocycles. The van der Waals surface area contributed by atoms with Crippen LogP contribution < -0.4 is 10.5 Å². The minimum Gasteiger partial charge on any atom is -0.328 e. The summed E-state index contributed by atoms with van der Waals surface area (Å²) in [5.41, 5.74) is 5.54. The van der Waals surface area contributed by atoms with E-state index in [1.165, 1.54) is 0 Å². The van der Waals surface area contributed by atoms with Crippen LogP contribution in [0.25, 0.3) is 0 Å². The van der Waals surface area contributed by atoms with Gasteiger partial charge in [0.15, 0.2) is 0 Å². The lowest BCUT2D eigenvalue weighted by molar-refractivity contribution is 0.327. The van der Waals surface area contributed by atoms with Gasteiger partial charge in [0.2, 0.25) is 10.0 Å². The van der Waals surface area contributed by atoms with Gasteiger partial charge in [-0.25, -0.2) is 13.1 Å². The van der Waals surface area contributed by atoms with Crippen LogP contribution in [-0.2, 0) is 10.0 Å². The SMILES string of the molecule is Cl.NC1CC(NS(=O)(=O)C2CC2)C1. The van der Waals surface area contributed by atoms with E-state index >= 15 is 0 Å². The molecule has 0 atom stereocenters. The number of nitrogens with one attached hydrogen (secondary N) is 1. The molecule has 0 bridgehead atoms. The van der Waals surface area contributed by atoms with Crippen molar-refractivity contribution in [2.75, 3.05) is 0 Å². The summed E-state index contributed by atoms with van der Waals surface area (Å²) in [6.45, 7) is 0. The number of hydrogen-bond donors (Lipinski definition) is 2. The van der Waals surface area contributed by atoms with Crippen molar-refractivity contribution in [3.8, 4) is 0 Å². The van der Waals surface area contributed by atoms with Crippen LogP contribution >= 0.6 is 12.4 Å². The van der Waals surface area contributed by atoms with Gasteiger partial charge in [-0.15, -0.1) is 12.4 Å². The second-order valence-corrected chi connectivity index (χ2v) is 5.78. The van der Waals surface area contributed by atoms with Crippen LogP contribution in [0.4, 0.5) is 0 Å². The molecule has 3 N–H and O–H groups in total. The Bertz CT molecular complexity index is 270. The maximum atomic E-state index is 11.4. The highest BCUT2D eigenvalue weighted by atomic mass is 35.5. The van der Waals surface area contributed by atoms with E-state index in [2.05, 4.69) is 4.72 Å². The lowest BCUT2D eigenvalue weighted by atomic mass is 9.89. The molecule has 0 aromatic carbocycles. The van der Waals surface area contributed by atoms with Gasteiger partial charge in [0.25, 0.3) is 0 Å². The van der Waals surface area contributed by atoms with E-state index in [-0.39, 0.29) is 29.7 Å². The second-order valence-electron chi connectivity index (χ2n) is 3.79. The fourth-order valence-corrected chi connectivity index (χ4v) is 3.07. The van der Waals surface area contributed by atoms with Crippen molar-refractivity contribution in [3.63, 3.8) is 0 Å². The van der Waals surface area contributed by atoms with E-state index in [4.69, 9.17) is 5.73 Å². The van der Waals surface area contributed by atoms with Crippen molar-refractivity contribution in [3.05, 3.63) is 0 Å². The molecule has 0 radical (unpaired) electrons. The zero-order valence-corrected chi connectivity index (χ0v) is 8.90. The molecule has 2 fully saturated rings. The average molecular weight is 227 g/mol. The van der Waals surface area contributed by atoms with Crippen molar-refractivity contribution < 1.29 is 8.42 Å². The molecular formula is C7H15ClN2O2S. The predicted molar refractivity (Wildman–Crippen MR) is 53.3 cm³/mol. The smallest absolute Gasteiger partial charge is 0.214 e. The van der Waals surface area contributed by atoms with E-state index in [0.29, 0.717) is 0 Å². The van der Waals surface area contributed by atoms with Gasteiger partial charge >= 0.3 is 0 Å². The Morgan fingerprint density at radius 3 is 2.15 bits per heavy atom. The van der Waals surface area contributed by atoms with Crippen molar-refractivity contribution in [2.45, 2.75) is 43.0 Å². The molecule has 2 aliphatic carbocycles. The first-order valence-corrected chi connectivity index (χ1v) is 5.89. The Kier molecular flexibility index (Phi) is 3.22. The Balaban J connectivity index is 0.000000845. The zero-order chi connectivity index (χ0) is 8.77. The highest BCUT2D eigenvalue weighted by molar-refractivity contribution is 7.90. The zero-order valence-electron chi connectivity index (χ0n) is 7.27. The van der Waals surface area contributed by atoms with Crippen molar-refractivity contribution in [1.29, 1.82) is 0 Å². The molecule has 78 valence electrons. The van der Waals surface area contributed by atoms with E-state index in [1.807, 2.05) is 0 Å². The normalized spacial score (nSPS) is 33.3. The second kappa shape index (κ2) is 3.73. The molecule has 4 nitrogen and oxygen atoms in total. The molecule has 0 spiro atoms. The summed E-state index contributed by atoms with van der Waals surface area (Å²) in [5, 5.41) is -0.102. The minimum absolute atomic E-state index is 0. The summed E-state index contributed by atoms with van der Waals surface area (Å²) in [6.07, 6.45) is 3.25. The first kappa shape index (κ1) is 11.2. The third kappa shape index (κ3) is 2.56. The van der Waals surface area contributed by atoms with Gasteiger partial charge in [0.1, 0.15) is 0 Å². The van der Waals surface area contributed by atoms with E-state index in [9.17, 15) is 8.42 Å². The van der Waals surface area contributed by atoms with E-state index in [0.717, 1.165) is 25.7 Å². The molecule has 2 saturated carbocycles. The molecular weight excluding hydrogens is 212 g/mol. The number of hydrogen-bond acceptors (Lipinski definition) is 3. The third-order valence-electron chi connectivity index (χ3n) is 2.47. The molecule has 0 amide bonds. The molecule has 6 heteroatoms. The summed E-state index contributed by atoms with van der Waals surface area (Å²) in [7, 11) is -2.98. The summed E-state index contributed by atoms with van der Waals surface area (Å²) in [5.74, 6) is 0. The summed E-state index contributed by atoms with van der Waals surface area (Å²) < 4.78 is 25.4. The standard InChI is InChI=1S/C7H14N2O2S.ClH/c8-5-3-6(4-5)9-12(10,11)7-1-2-7;/h5-7,9H,1-4,8H2;1H. The Labute approximate surface area is 84.7 Å². The van der Waals surface area contributed by atoms with Gasteiger partial charge in [-0.2, -0.15) is 0 Å². The number of halogens is 1.